The smallest absolute Gasteiger partial charge is 0.410 e. The maximum Gasteiger partial charge on any atom is 0.410 e. The van der Waals surface area contributed by atoms with Crippen molar-refractivity contribution < 1.29 is 14.3 Å². The first-order chi connectivity index (χ1) is 17.7. The fourth-order valence-electron chi connectivity index (χ4n) is 6.59. The Kier molecular flexibility index (Phi) is 4.91. The van der Waals surface area contributed by atoms with Crippen molar-refractivity contribution >= 4 is 17.5 Å². The molecule has 7 nitrogen and oxygen atoms in total. The van der Waals surface area contributed by atoms with E-state index >= 15 is 0 Å². The first-order valence-electron chi connectivity index (χ1n) is 12.6. The molecule has 4 aromatic rings. The Balaban J connectivity index is 1.06. The molecule has 0 spiro atoms. The van der Waals surface area contributed by atoms with Gasteiger partial charge in [0.25, 0.3) is 0 Å². The summed E-state index contributed by atoms with van der Waals surface area (Å²) in [5.74, 6) is 0.0220. The van der Waals surface area contributed by atoms with Gasteiger partial charge in [0.15, 0.2) is 11.4 Å². The van der Waals surface area contributed by atoms with Crippen LogP contribution in [0.5, 0.6) is 0 Å². The molecule has 36 heavy (non-hydrogen) atoms. The predicted octanol–water partition coefficient (Wildman–Crippen LogP) is 5.10. The van der Waals surface area contributed by atoms with Gasteiger partial charge < -0.3 is 9.64 Å². The first-order valence-corrected chi connectivity index (χ1v) is 12.6. The number of hydrogen-bond donors (Lipinski definition) is 0. The number of Topliss-reactive ketones (excluding diaryl/α,β-unsaturated/α-hetero) is 1. The number of nitrogens with zero attached hydrogens (tertiary/aromatic N) is 4. The van der Waals surface area contributed by atoms with Gasteiger partial charge in [-0.05, 0) is 47.9 Å². The first kappa shape index (κ1) is 21.3. The van der Waals surface area contributed by atoms with Crippen LogP contribution in [0.4, 0.5) is 4.79 Å². The van der Waals surface area contributed by atoms with E-state index in [1.165, 1.54) is 22.3 Å². The Morgan fingerprint density at radius 2 is 1.58 bits per heavy atom. The summed E-state index contributed by atoms with van der Waals surface area (Å²) in [5, 5.41) is 0. The lowest BCUT2D eigenvalue weighted by Crippen LogP contribution is -2.48. The van der Waals surface area contributed by atoms with Crippen LogP contribution in [0.2, 0.25) is 0 Å². The second-order valence-electron chi connectivity index (χ2n) is 10.1. The van der Waals surface area contributed by atoms with Crippen LogP contribution >= 0.6 is 0 Å². The Morgan fingerprint density at radius 1 is 0.917 bits per heavy atom. The minimum atomic E-state index is -0.254. The summed E-state index contributed by atoms with van der Waals surface area (Å²) in [6, 6.07) is 16.8. The Labute approximate surface area is 208 Å². The summed E-state index contributed by atoms with van der Waals surface area (Å²) in [4.78, 5) is 37.0. The molecule has 2 aromatic heterocycles. The Bertz CT molecular complexity index is 1440. The normalized spacial score (nSPS) is 22.4. The predicted molar refractivity (Wildman–Crippen MR) is 134 cm³/mol. The summed E-state index contributed by atoms with van der Waals surface area (Å²) in [6.45, 7) is 0.320. The van der Waals surface area contributed by atoms with Crippen molar-refractivity contribution in [2.45, 2.75) is 43.7 Å². The number of rotatable bonds is 4. The summed E-state index contributed by atoms with van der Waals surface area (Å²) < 4.78 is 7.77. The molecule has 2 aromatic carbocycles. The lowest BCUT2D eigenvalue weighted by molar-refractivity contribution is 0.0504. The van der Waals surface area contributed by atoms with Crippen molar-refractivity contribution in [3.05, 3.63) is 90.1 Å². The number of hydrogen-bond acceptors (Lipinski definition) is 5. The van der Waals surface area contributed by atoms with E-state index in [9.17, 15) is 9.59 Å². The molecule has 2 unspecified atom stereocenters. The van der Waals surface area contributed by atoms with Crippen LogP contribution in [0.1, 0.15) is 53.2 Å². The zero-order chi connectivity index (χ0) is 24.2. The quantitative estimate of drug-likeness (QED) is 0.381. The second-order valence-corrected chi connectivity index (χ2v) is 10.1. The molecule has 0 N–H and O–H groups in total. The van der Waals surface area contributed by atoms with Gasteiger partial charge in [-0.25, -0.2) is 9.78 Å². The average molecular weight is 479 g/mol. The number of ketones is 1. The SMILES string of the molecule is O=C(c1cnc2cnccn12)C1CC2CCC(C1)N2C(=O)OCC1c2ccccc2-c2ccccc21. The zero-order valence-corrected chi connectivity index (χ0v) is 19.8. The minimum Gasteiger partial charge on any atom is -0.448 e. The van der Waals surface area contributed by atoms with Crippen molar-refractivity contribution in [1.29, 1.82) is 0 Å². The molecule has 0 saturated carbocycles. The van der Waals surface area contributed by atoms with E-state index in [-0.39, 0.29) is 35.8 Å². The summed E-state index contributed by atoms with van der Waals surface area (Å²) in [5.41, 5.74) is 6.11. The molecule has 3 aliphatic rings. The number of imidazole rings is 1. The highest BCUT2D eigenvalue weighted by Gasteiger charge is 2.46. The standard InChI is InChI=1S/C29H26N4O3/c34-28(26-15-31-27-16-30-11-12-32(26)27)18-13-19-9-10-20(14-18)33(19)29(35)36-17-25-23-7-3-1-5-21(23)22-6-2-4-8-24(22)25/h1-8,11-12,15-16,18-20,25H,9-10,13-14,17H2. The third-order valence-electron chi connectivity index (χ3n) is 8.22. The largest absolute Gasteiger partial charge is 0.448 e. The molecule has 180 valence electrons. The number of amides is 1. The van der Waals surface area contributed by atoms with Crippen molar-refractivity contribution in [2.24, 2.45) is 5.92 Å². The van der Waals surface area contributed by atoms with Gasteiger partial charge in [0.05, 0.1) is 12.4 Å². The number of ether oxygens (including phenoxy) is 1. The summed E-state index contributed by atoms with van der Waals surface area (Å²) in [7, 11) is 0. The van der Waals surface area contributed by atoms with Crippen LogP contribution in [-0.4, -0.2) is 49.8 Å². The monoisotopic (exact) mass is 478 g/mol. The molecular weight excluding hydrogens is 452 g/mol. The molecule has 0 radical (unpaired) electrons. The van der Waals surface area contributed by atoms with E-state index in [0.29, 0.717) is 30.8 Å². The number of fused-ring (bicyclic) bond motifs is 6. The molecule has 2 fully saturated rings. The third kappa shape index (κ3) is 3.26. The highest BCUT2D eigenvalue weighted by atomic mass is 16.6. The van der Waals surface area contributed by atoms with Gasteiger partial charge in [-0.2, -0.15) is 0 Å². The van der Waals surface area contributed by atoms with Gasteiger partial charge in [-0.1, -0.05) is 48.5 Å². The molecule has 7 heteroatoms. The summed E-state index contributed by atoms with van der Waals surface area (Å²) in [6.07, 6.45) is 9.63. The van der Waals surface area contributed by atoms with Crippen molar-refractivity contribution in [1.82, 2.24) is 19.3 Å². The number of carbonyl (C=O) groups is 2. The molecule has 2 aliphatic heterocycles. The van der Waals surface area contributed by atoms with Crippen molar-refractivity contribution in [3.8, 4) is 11.1 Å². The summed E-state index contributed by atoms with van der Waals surface area (Å²) >= 11 is 0. The van der Waals surface area contributed by atoms with Crippen LogP contribution < -0.4 is 0 Å². The van der Waals surface area contributed by atoms with E-state index in [2.05, 4.69) is 46.4 Å². The topological polar surface area (TPSA) is 76.8 Å². The number of carbonyl (C=O) groups excluding carboxylic acids is 2. The molecule has 1 amide bonds. The maximum absolute atomic E-state index is 13.4. The van der Waals surface area contributed by atoms with Gasteiger partial charge in [0.1, 0.15) is 12.3 Å². The Morgan fingerprint density at radius 3 is 2.28 bits per heavy atom. The van der Waals surface area contributed by atoms with E-state index in [1.54, 1.807) is 29.2 Å². The lowest BCUT2D eigenvalue weighted by atomic mass is 9.86. The maximum atomic E-state index is 13.4. The Hall–Kier alpha value is -4.00. The molecule has 2 atom stereocenters. The van der Waals surface area contributed by atoms with Crippen LogP contribution in [0.25, 0.3) is 16.8 Å². The molecular formula is C29H26N4O3. The lowest BCUT2D eigenvalue weighted by Gasteiger charge is -2.37. The number of aromatic nitrogens is 3. The molecule has 2 bridgehead atoms. The van der Waals surface area contributed by atoms with Crippen molar-refractivity contribution in [2.75, 3.05) is 6.61 Å². The third-order valence-corrected chi connectivity index (χ3v) is 8.22. The fourth-order valence-corrected chi connectivity index (χ4v) is 6.59. The molecule has 4 heterocycles. The molecule has 2 saturated heterocycles. The second kappa shape index (κ2) is 8.29. The van der Waals surface area contributed by atoms with E-state index in [4.69, 9.17) is 4.74 Å². The van der Waals surface area contributed by atoms with Gasteiger partial charge in [-0.15, -0.1) is 0 Å². The van der Waals surface area contributed by atoms with Crippen LogP contribution in [0, 0.1) is 5.92 Å². The van der Waals surface area contributed by atoms with E-state index < -0.39 is 0 Å². The van der Waals surface area contributed by atoms with Crippen LogP contribution in [-0.2, 0) is 4.74 Å². The van der Waals surface area contributed by atoms with Crippen LogP contribution in [0.15, 0.2) is 73.3 Å². The van der Waals surface area contributed by atoms with Crippen molar-refractivity contribution in [3.63, 3.8) is 0 Å². The molecule has 1 aliphatic carbocycles. The highest BCUT2D eigenvalue weighted by Crippen LogP contribution is 2.45. The zero-order valence-electron chi connectivity index (χ0n) is 19.8. The highest BCUT2D eigenvalue weighted by molar-refractivity contribution is 5.97. The van der Waals surface area contributed by atoms with E-state index in [1.807, 2.05) is 17.0 Å². The fraction of sp³-hybridized carbons (Fsp3) is 0.310. The minimum absolute atomic E-state index is 0.0363. The van der Waals surface area contributed by atoms with Gasteiger partial charge in [-0.3, -0.25) is 14.2 Å². The van der Waals surface area contributed by atoms with Crippen LogP contribution in [0.3, 0.4) is 0 Å². The van der Waals surface area contributed by atoms with E-state index in [0.717, 1.165) is 12.8 Å². The average Bonchev–Trinajstić information content (AvgIpc) is 3.57. The van der Waals surface area contributed by atoms with Gasteiger partial charge >= 0.3 is 6.09 Å². The number of benzene rings is 2. The number of piperidine rings is 1. The van der Waals surface area contributed by atoms with Gasteiger partial charge in [0.2, 0.25) is 0 Å². The van der Waals surface area contributed by atoms with Gasteiger partial charge in [0, 0.05) is 36.3 Å². The molecule has 7 rings (SSSR count).